The van der Waals surface area contributed by atoms with Gasteiger partial charge in [-0.05, 0) is 87.4 Å². The fourth-order valence-corrected chi connectivity index (χ4v) is 5.79. The molecule has 0 fully saturated rings. The minimum absolute atomic E-state index is 0.171. The molecule has 184 valence electrons. The monoisotopic (exact) mass is 552 g/mol. The highest BCUT2D eigenvalue weighted by molar-refractivity contribution is 9.10. The molecule has 6 rings (SSSR count). The molecule has 1 heterocycles. The average Bonchev–Trinajstić information content (AvgIpc) is 3.43. The highest BCUT2D eigenvalue weighted by atomic mass is 79.9. The van der Waals surface area contributed by atoms with E-state index in [9.17, 15) is 4.39 Å². The van der Waals surface area contributed by atoms with E-state index in [0.717, 1.165) is 22.1 Å². The Labute approximate surface area is 224 Å². The smallest absolute Gasteiger partial charge is 0.134 e. The predicted octanol–water partition coefficient (Wildman–Crippen LogP) is 8.74. The Hall–Kier alpha value is -3.70. The van der Waals surface area contributed by atoms with Crippen LogP contribution in [0.1, 0.15) is 40.6 Å². The van der Waals surface area contributed by atoms with Crippen LogP contribution in [-0.4, -0.2) is 6.21 Å². The molecule has 5 heteroatoms. The molecule has 1 aliphatic carbocycles. The first-order valence-electron chi connectivity index (χ1n) is 12.5. The molecule has 3 nitrogen and oxygen atoms in total. The van der Waals surface area contributed by atoms with Gasteiger partial charge in [-0.2, -0.15) is 0 Å². The molecule has 4 aromatic carbocycles. The molecule has 0 spiro atoms. The molecule has 3 atom stereocenters. The van der Waals surface area contributed by atoms with Gasteiger partial charge in [0, 0.05) is 23.4 Å². The van der Waals surface area contributed by atoms with Crippen LogP contribution in [-0.2, 0) is 6.61 Å². The fourth-order valence-electron chi connectivity index (χ4n) is 5.28. The van der Waals surface area contributed by atoms with Gasteiger partial charge in [0.1, 0.15) is 18.2 Å². The maximum absolute atomic E-state index is 13.9. The van der Waals surface area contributed by atoms with E-state index in [1.165, 1.54) is 22.9 Å². The Morgan fingerprint density at radius 2 is 1.78 bits per heavy atom. The first kappa shape index (κ1) is 23.7. The molecule has 2 aliphatic rings. The van der Waals surface area contributed by atoms with Gasteiger partial charge >= 0.3 is 0 Å². The van der Waals surface area contributed by atoms with Crippen molar-refractivity contribution in [2.24, 2.45) is 10.9 Å². The molecule has 0 saturated heterocycles. The number of para-hydroxylation sites is 1. The number of hydrogen-bond donors (Lipinski definition) is 1. The van der Waals surface area contributed by atoms with Crippen molar-refractivity contribution in [2.45, 2.75) is 25.0 Å². The molecular weight excluding hydrogens is 527 g/mol. The lowest BCUT2D eigenvalue weighted by molar-refractivity contribution is 0.298. The molecule has 0 aromatic heterocycles. The Kier molecular flexibility index (Phi) is 6.62. The van der Waals surface area contributed by atoms with Crippen LogP contribution in [0.5, 0.6) is 5.75 Å². The third-order valence-corrected chi connectivity index (χ3v) is 7.80. The summed E-state index contributed by atoms with van der Waals surface area (Å²) in [5.41, 5.74) is 6.28. The van der Waals surface area contributed by atoms with Gasteiger partial charge in [0.2, 0.25) is 0 Å². The summed E-state index contributed by atoms with van der Waals surface area (Å²) in [6, 6.07) is 29.8. The molecule has 37 heavy (non-hydrogen) atoms. The van der Waals surface area contributed by atoms with Crippen molar-refractivity contribution in [3.8, 4) is 5.75 Å². The maximum atomic E-state index is 13.9. The van der Waals surface area contributed by atoms with Crippen LogP contribution in [0.25, 0.3) is 0 Å². The highest BCUT2D eigenvalue weighted by Gasteiger charge is 2.37. The first-order valence-corrected chi connectivity index (χ1v) is 13.3. The van der Waals surface area contributed by atoms with E-state index >= 15 is 0 Å². The number of hydrogen-bond acceptors (Lipinski definition) is 3. The Balaban J connectivity index is 1.13. The molecule has 0 amide bonds. The van der Waals surface area contributed by atoms with E-state index < -0.39 is 0 Å². The number of anilines is 1. The van der Waals surface area contributed by atoms with Gasteiger partial charge in [-0.15, -0.1) is 0 Å². The van der Waals surface area contributed by atoms with Crippen molar-refractivity contribution in [2.75, 3.05) is 5.32 Å². The van der Waals surface area contributed by atoms with Crippen molar-refractivity contribution >= 4 is 33.5 Å². The molecule has 0 unspecified atom stereocenters. The van der Waals surface area contributed by atoms with Crippen molar-refractivity contribution in [1.29, 1.82) is 0 Å². The summed E-state index contributed by atoms with van der Waals surface area (Å²) >= 11 is 3.56. The van der Waals surface area contributed by atoms with Crippen LogP contribution >= 0.6 is 15.9 Å². The Bertz CT molecular complexity index is 1480. The topological polar surface area (TPSA) is 33.6 Å². The molecule has 1 N–H and O–H groups in total. The van der Waals surface area contributed by atoms with Crippen molar-refractivity contribution < 1.29 is 9.13 Å². The third kappa shape index (κ3) is 4.96. The van der Waals surface area contributed by atoms with Gasteiger partial charge in [0.05, 0.1) is 16.2 Å². The van der Waals surface area contributed by atoms with Gasteiger partial charge in [-0.1, -0.05) is 60.7 Å². The van der Waals surface area contributed by atoms with Crippen LogP contribution in [0.3, 0.4) is 0 Å². The number of nitrogens with zero attached hydrogens (tertiary/aromatic N) is 1. The minimum Gasteiger partial charge on any atom is -0.488 e. The number of aliphatic imine (C=N–C) groups is 1. The molecule has 0 bridgehead atoms. The zero-order valence-electron chi connectivity index (χ0n) is 20.1. The summed E-state index contributed by atoms with van der Waals surface area (Å²) in [5.74, 6) is 1.39. The standard InChI is InChI=1S/C32H26BrFN2O/c33-28-18-21(12-17-31(28)37-20-23-6-1-3-10-29(23)34)19-35-24-15-13-22(14-16-24)32-27-9-5-8-25(27)26-7-2-4-11-30(26)36-32/h1-8,10-19,25,27,32,36H,9,20H2/t25-,27-,32+/m1/s1. The fraction of sp³-hybridized carbons (Fsp3) is 0.156. The molecule has 0 saturated carbocycles. The second-order valence-corrected chi connectivity index (χ2v) is 10.3. The van der Waals surface area contributed by atoms with Crippen LogP contribution in [0.15, 0.2) is 113 Å². The maximum Gasteiger partial charge on any atom is 0.134 e. The Morgan fingerprint density at radius 3 is 2.62 bits per heavy atom. The van der Waals surface area contributed by atoms with E-state index in [1.54, 1.807) is 18.2 Å². The van der Waals surface area contributed by atoms with Gasteiger partial charge < -0.3 is 10.1 Å². The number of nitrogens with one attached hydrogen (secondary N) is 1. The lowest BCUT2D eigenvalue weighted by Gasteiger charge is -2.37. The second-order valence-electron chi connectivity index (χ2n) is 9.48. The summed E-state index contributed by atoms with van der Waals surface area (Å²) in [6.07, 6.45) is 7.61. The van der Waals surface area contributed by atoms with Gasteiger partial charge in [-0.25, -0.2) is 4.39 Å². The molecular formula is C32H26BrFN2O. The van der Waals surface area contributed by atoms with Crippen molar-refractivity contribution in [1.82, 2.24) is 0 Å². The molecule has 4 aromatic rings. The molecule has 0 radical (unpaired) electrons. The SMILES string of the molecule is Fc1ccccc1COc1ccc(C=Nc2ccc([C@@H]3Nc4ccccc4[C@H]4C=CC[C@H]43)cc2)cc1Br. The normalized spacial score (nSPS) is 19.9. The summed E-state index contributed by atoms with van der Waals surface area (Å²) in [6.45, 7) is 0.171. The quantitative estimate of drug-likeness (QED) is 0.191. The number of benzene rings is 4. The summed E-state index contributed by atoms with van der Waals surface area (Å²) < 4.78 is 20.5. The van der Waals surface area contributed by atoms with Gasteiger partial charge in [0.25, 0.3) is 0 Å². The minimum atomic E-state index is -0.266. The second kappa shape index (κ2) is 10.3. The number of allylic oxidation sites excluding steroid dienone is 2. The summed E-state index contributed by atoms with van der Waals surface area (Å²) in [7, 11) is 0. The van der Waals surface area contributed by atoms with E-state index in [4.69, 9.17) is 4.74 Å². The lowest BCUT2D eigenvalue weighted by Crippen LogP contribution is -2.28. The molecule has 1 aliphatic heterocycles. The zero-order valence-corrected chi connectivity index (χ0v) is 21.7. The highest BCUT2D eigenvalue weighted by Crippen LogP contribution is 2.49. The lowest BCUT2D eigenvalue weighted by atomic mass is 9.77. The third-order valence-electron chi connectivity index (χ3n) is 7.18. The number of halogens is 2. The number of rotatable bonds is 6. The summed E-state index contributed by atoms with van der Waals surface area (Å²) in [5, 5.41) is 3.78. The van der Waals surface area contributed by atoms with E-state index in [0.29, 0.717) is 23.1 Å². The zero-order chi connectivity index (χ0) is 25.2. The Morgan fingerprint density at radius 1 is 0.973 bits per heavy atom. The van der Waals surface area contributed by atoms with Crippen LogP contribution in [0.4, 0.5) is 15.8 Å². The van der Waals surface area contributed by atoms with Gasteiger partial charge in [0.15, 0.2) is 0 Å². The van der Waals surface area contributed by atoms with Crippen LogP contribution in [0.2, 0.25) is 0 Å². The van der Waals surface area contributed by atoms with Gasteiger partial charge in [-0.3, -0.25) is 4.99 Å². The first-order chi connectivity index (χ1) is 18.2. The number of ether oxygens (including phenoxy) is 1. The number of fused-ring (bicyclic) bond motifs is 3. The van der Waals surface area contributed by atoms with Crippen LogP contribution < -0.4 is 10.1 Å². The predicted molar refractivity (Wildman–Crippen MR) is 151 cm³/mol. The van der Waals surface area contributed by atoms with Crippen molar-refractivity contribution in [3.63, 3.8) is 0 Å². The largest absolute Gasteiger partial charge is 0.488 e. The average molecular weight is 553 g/mol. The van der Waals surface area contributed by atoms with E-state index in [-0.39, 0.29) is 18.5 Å². The van der Waals surface area contributed by atoms with E-state index in [2.05, 4.69) is 86.9 Å². The summed E-state index contributed by atoms with van der Waals surface area (Å²) in [4.78, 5) is 4.67. The van der Waals surface area contributed by atoms with E-state index in [1.807, 2.05) is 24.4 Å². The van der Waals surface area contributed by atoms with Crippen LogP contribution in [0, 0.1) is 11.7 Å². The van der Waals surface area contributed by atoms with Crippen molar-refractivity contribution in [3.05, 3.63) is 136 Å².